The topological polar surface area (TPSA) is 53.6 Å². The van der Waals surface area contributed by atoms with Crippen LogP contribution in [0.25, 0.3) is 0 Å². The SMILES string of the molecule is CCN1CCC(CNC(=O)[C@H]2NCCO[C@@H]2C)C1.Cl.Cl. The first-order valence-electron chi connectivity index (χ1n) is 7.05. The molecule has 2 rings (SSSR count). The Morgan fingerprint density at radius 3 is 2.80 bits per heavy atom. The minimum atomic E-state index is -0.192. The average Bonchev–Trinajstić information content (AvgIpc) is 2.84. The molecule has 0 radical (unpaired) electrons. The third kappa shape index (κ3) is 5.37. The van der Waals surface area contributed by atoms with Crippen LogP contribution >= 0.6 is 24.8 Å². The maximum Gasteiger partial charge on any atom is 0.239 e. The van der Waals surface area contributed by atoms with Crippen LogP contribution in [0.5, 0.6) is 0 Å². The maximum atomic E-state index is 12.0. The highest BCUT2D eigenvalue weighted by Gasteiger charge is 2.29. The fourth-order valence-corrected chi connectivity index (χ4v) is 2.75. The Morgan fingerprint density at radius 1 is 1.45 bits per heavy atom. The van der Waals surface area contributed by atoms with Gasteiger partial charge < -0.3 is 20.3 Å². The van der Waals surface area contributed by atoms with Gasteiger partial charge >= 0.3 is 0 Å². The number of carbonyl (C=O) groups excluding carboxylic acids is 1. The summed E-state index contributed by atoms with van der Waals surface area (Å²) in [6, 6.07) is -0.192. The number of hydrogen-bond donors (Lipinski definition) is 2. The van der Waals surface area contributed by atoms with Crippen molar-refractivity contribution in [1.82, 2.24) is 15.5 Å². The van der Waals surface area contributed by atoms with Crippen LogP contribution in [-0.2, 0) is 9.53 Å². The van der Waals surface area contributed by atoms with Crippen molar-refractivity contribution in [2.75, 3.05) is 39.3 Å². The summed E-state index contributed by atoms with van der Waals surface area (Å²) in [4.78, 5) is 14.5. The van der Waals surface area contributed by atoms with E-state index in [1.54, 1.807) is 0 Å². The number of hydrogen-bond acceptors (Lipinski definition) is 4. The van der Waals surface area contributed by atoms with Gasteiger partial charge in [-0.15, -0.1) is 24.8 Å². The molecule has 5 nitrogen and oxygen atoms in total. The molecule has 0 bridgehead atoms. The number of nitrogens with one attached hydrogen (secondary N) is 2. The molecule has 3 atom stereocenters. The number of nitrogens with zero attached hydrogens (tertiary/aromatic N) is 1. The van der Waals surface area contributed by atoms with Crippen LogP contribution in [-0.4, -0.2) is 62.3 Å². The summed E-state index contributed by atoms with van der Waals surface area (Å²) in [5.74, 6) is 0.686. The average molecular weight is 328 g/mol. The van der Waals surface area contributed by atoms with Gasteiger partial charge in [0.15, 0.2) is 0 Å². The van der Waals surface area contributed by atoms with Gasteiger partial charge in [-0.3, -0.25) is 4.79 Å². The molecule has 2 saturated heterocycles. The van der Waals surface area contributed by atoms with Crippen molar-refractivity contribution >= 4 is 30.7 Å². The van der Waals surface area contributed by atoms with Crippen molar-refractivity contribution in [2.45, 2.75) is 32.4 Å². The Bertz CT molecular complexity index is 295. The second-order valence-corrected chi connectivity index (χ2v) is 5.30. The molecular formula is C13H27Cl2N3O2. The number of halogens is 2. The number of likely N-dealkylation sites (tertiary alicyclic amines) is 1. The van der Waals surface area contributed by atoms with Gasteiger partial charge in [0.25, 0.3) is 0 Å². The predicted octanol–water partition coefficient (Wildman–Crippen LogP) is 0.665. The third-order valence-electron chi connectivity index (χ3n) is 3.98. The quantitative estimate of drug-likeness (QED) is 0.796. The Morgan fingerprint density at radius 2 is 2.20 bits per heavy atom. The molecule has 2 aliphatic heterocycles. The van der Waals surface area contributed by atoms with Crippen molar-refractivity contribution in [3.8, 4) is 0 Å². The van der Waals surface area contributed by atoms with E-state index in [9.17, 15) is 4.79 Å². The van der Waals surface area contributed by atoms with Crippen molar-refractivity contribution in [1.29, 1.82) is 0 Å². The number of amides is 1. The molecule has 20 heavy (non-hydrogen) atoms. The van der Waals surface area contributed by atoms with Gasteiger partial charge in [0.05, 0.1) is 12.7 Å². The highest BCUT2D eigenvalue weighted by molar-refractivity contribution is 5.85. The van der Waals surface area contributed by atoms with E-state index in [0.29, 0.717) is 12.5 Å². The summed E-state index contributed by atoms with van der Waals surface area (Å²) in [6.07, 6.45) is 1.16. The van der Waals surface area contributed by atoms with E-state index in [-0.39, 0.29) is 42.9 Å². The summed E-state index contributed by atoms with van der Waals surface area (Å²) >= 11 is 0. The van der Waals surface area contributed by atoms with Crippen LogP contribution < -0.4 is 10.6 Å². The van der Waals surface area contributed by atoms with Gasteiger partial charge in [0.2, 0.25) is 5.91 Å². The summed E-state index contributed by atoms with van der Waals surface area (Å²) in [6.45, 7) is 9.77. The van der Waals surface area contributed by atoms with Gasteiger partial charge in [0.1, 0.15) is 6.04 Å². The van der Waals surface area contributed by atoms with E-state index in [4.69, 9.17) is 4.74 Å². The van der Waals surface area contributed by atoms with E-state index >= 15 is 0 Å². The Hall–Kier alpha value is -0.0700. The van der Waals surface area contributed by atoms with Crippen molar-refractivity contribution in [2.24, 2.45) is 5.92 Å². The zero-order chi connectivity index (χ0) is 13.0. The molecule has 2 heterocycles. The molecule has 120 valence electrons. The van der Waals surface area contributed by atoms with E-state index in [2.05, 4.69) is 22.5 Å². The normalized spacial score (nSPS) is 30.2. The van der Waals surface area contributed by atoms with Crippen LogP contribution in [0.15, 0.2) is 0 Å². The van der Waals surface area contributed by atoms with Crippen molar-refractivity contribution < 1.29 is 9.53 Å². The van der Waals surface area contributed by atoms with Crippen LogP contribution in [0.1, 0.15) is 20.3 Å². The maximum absolute atomic E-state index is 12.0. The smallest absolute Gasteiger partial charge is 0.239 e. The zero-order valence-corrected chi connectivity index (χ0v) is 13.9. The summed E-state index contributed by atoms with van der Waals surface area (Å²) in [7, 11) is 0. The lowest BCUT2D eigenvalue weighted by Gasteiger charge is -2.29. The molecular weight excluding hydrogens is 301 g/mol. The molecule has 0 aromatic rings. The summed E-state index contributed by atoms with van der Waals surface area (Å²) < 4.78 is 5.49. The second-order valence-electron chi connectivity index (χ2n) is 5.30. The lowest BCUT2D eigenvalue weighted by atomic mass is 10.1. The monoisotopic (exact) mass is 327 g/mol. The first-order valence-corrected chi connectivity index (χ1v) is 7.05. The molecule has 0 spiro atoms. The standard InChI is InChI=1S/C13H25N3O2.2ClH/c1-3-16-6-4-11(9-16)8-15-13(17)12-10(2)18-7-5-14-12;;/h10-12,14H,3-9H2,1-2H3,(H,15,17);2*1H/t10-,11?,12+;;/m1../s1. The lowest BCUT2D eigenvalue weighted by Crippen LogP contribution is -2.56. The molecule has 7 heteroatoms. The molecule has 1 amide bonds. The first-order chi connectivity index (χ1) is 8.70. The second kappa shape index (κ2) is 9.79. The number of morpholine rings is 1. The van der Waals surface area contributed by atoms with Gasteiger partial charge in [0, 0.05) is 19.6 Å². The van der Waals surface area contributed by atoms with Gasteiger partial charge in [-0.05, 0) is 32.4 Å². The predicted molar refractivity (Wildman–Crippen MR) is 84.9 cm³/mol. The van der Waals surface area contributed by atoms with Gasteiger partial charge in [-0.25, -0.2) is 0 Å². The minimum absolute atomic E-state index is 0. The minimum Gasteiger partial charge on any atom is -0.375 e. The highest BCUT2D eigenvalue weighted by atomic mass is 35.5. The lowest BCUT2D eigenvalue weighted by molar-refractivity contribution is -0.129. The van der Waals surface area contributed by atoms with E-state index in [1.165, 1.54) is 6.42 Å². The fraction of sp³-hybridized carbons (Fsp3) is 0.923. The number of carbonyl (C=O) groups is 1. The summed E-state index contributed by atoms with van der Waals surface area (Å²) in [5, 5.41) is 6.28. The molecule has 0 aromatic carbocycles. The van der Waals surface area contributed by atoms with E-state index in [0.717, 1.165) is 32.7 Å². The third-order valence-corrected chi connectivity index (χ3v) is 3.98. The van der Waals surface area contributed by atoms with Crippen LogP contribution in [0.3, 0.4) is 0 Å². The zero-order valence-electron chi connectivity index (χ0n) is 12.3. The molecule has 0 aromatic heterocycles. The van der Waals surface area contributed by atoms with Gasteiger partial charge in [-0.2, -0.15) is 0 Å². The first kappa shape index (κ1) is 19.9. The van der Waals surface area contributed by atoms with Gasteiger partial charge in [-0.1, -0.05) is 6.92 Å². The van der Waals surface area contributed by atoms with Crippen LogP contribution in [0, 0.1) is 5.92 Å². The van der Waals surface area contributed by atoms with Crippen molar-refractivity contribution in [3.63, 3.8) is 0 Å². The Labute approximate surface area is 134 Å². The van der Waals surface area contributed by atoms with E-state index in [1.807, 2.05) is 6.92 Å². The van der Waals surface area contributed by atoms with Crippen LogP contribution in [0.2, 0.25) is 0 Å². The number of rotatable bonds is 4. The molecule has 2 aliphatic rings. The number of ether oxygens (including phenoxy) is 1. The molecule has 0 aliphatic carbocycles. The fourth-order valence-electron chi connectivity index (χ4n) is 2.75. The Kier molecular flexibility index (Phi) is 9.76. The molecule has 2 N–H and O–H groups in total. The molecule has 1 unspecified atom stereocenters. The summed E-state index contributed by atoms with van der Waals surface area (Å²) in [5.41, 5.74) is 0. The Balaban J connectivity index is 0.00000180. The highest BCUT2D eigenvalue weighted by Crippen LogP contribution is 2.14. The van der Waals surface area contributed by atoms with Crippen molar-refractivity contribution in [3.05, 3.63) is 0 Å². The molecule has 2 fully saturated rings. The largest absolute Gasteiger partial charge is 0.375 e. The van der Waals surface area contributed by atoms with E-state index < -0.39 is 0 Å². The molecule has 0 saturated carbocycles. The van der Waals surface area contributed by atoms with Crippen LogP contribution in [0.4, 0.5) is 0 Å².